The average molecular weight is 324 g/mol. The molecule has 2 aromatic carbocycles. The summed E-state index contributed by atoms with van der Waals surface area (Å²) in [6.07, 6.45) is 2.30. The third-order valence-electron chi connectivity index (χ3n) is 3.85. The van der Waals surface area contributed by atoms with Crippen molar-refractivity contribution in [1.82, 2.24) is 9.55 Å². The smallest absolute Gasteiger partial charge is 0.261 e. The molecule has 0 aliphatic rings. The Morgan fingerprint density at radius 3 is 2.79 bits per heavy atom. The number of para-hydroxylation sites is 1. The molecule has 5 heteroatoms. The predicted octanol–water partition coefficient (Wildman–Crippen LogP) is 3.18. The van der Waals surface area contributed by atoms with Gasteiger partial charge in [-0.2, -0.15) is 0 Å². The van der Waals surface area contributed by atoms with Gasteiger partial charge in [0.05, 0.1) is 30.9 Å². The van der Waals surface area contributed by atoms with Crippen LogP contribution in [0.15, 0.2) is 53.6 Å². The van der Waals surface area contributed by atoms with Crippen molar-refractivity contribution < 1.29 is 9.47 Å². The Kier molecular flexibility index (Phi) is 4.79. The lowest BCUT2D eigenvalue weighted by molar-refractivity contribution is 0.282. The molecule has 0 radical (unpaired) electrons. The lowest BCUT2D eigenvalue weighted by atomic mass is 10.2. The molecule has 3 aromatic rings. The molecule has 1 aromatic heterocycles. The van der Waals surface area contributed by atoms with Gasteiger partial charge in [-0.3, -0.25) is 9.36 Å². The van der Waals surface area contributed by atoms with Gasteiger partial charge in [-0.25, -0.2) is 4.98 Å². The van der Waals surface area contributed by atoms with Crippen LogP contribution in [0.4, 0.5) is 0 Å². The Labute approximate surface area is 140 Å². The maximum atomic E-state index is 12.4. The van der Waals surface area contributed by atoms with Gasteiger partial charge >= 0.3 is 0 Å². The summed E-state index contributed by atoms with van der Waals surface area (Å²) in [7, 11) is 1.63. The van der Waals surface area contributed by atoms with Crippen molar-refractivity contribution in [2.45, 2.75) is 19.9 Å². The van der Waals surface area contributed by atoms with Crippen molar-refractivity contribution in [2.75, 3.05) is 13.7 Å². The molecule has 0 saturated heterocycles. The average Bonchev–Trinajstić information content (AvgIpc) is 2.61. The molecule has 0 aliphatic carbocycles. The number of aromatic nitrogens is 2. The third kappa shape index (κ3) is 3.40. The molecule has 0 atom stereocenters. The first-order chi connectivity index (χ1) is 11.7. The summed E-state index contributed by atoms with van der Waals surface area (Å²) in [6, 6.07) is 13.2. The number of methoxy groups -OCH3 is 1. The Balaban J connectivity index is 1.63. The number of hydrogen-bond acceptors (Lipinski definition) is 4. The molecule has 0 amide bonds. The standard InChI is InChI=1S/C19H20N2O3/c1-14-8-9-17(18(12-14)23-2)24-11-5-10-21-13-20-16-7-4-3-6-15(16)19(21)22/h3-4,6-9,12-13H,5,10-11H2,1-2H3. The second-order valence-corrected chi connectivity index (χ2v) is 5.62. The van der Waals surface area contributed by atoms with Crippen LogP contribution < -0.4 is 15.0 Å². The first-order valence-electron chi connectivity index (χ1n) is 7.90. The van der Waals surface area contributed by atoms with Crippen molar-refractivity contribution >= 4 is 10.9 Å². The summed E-state index contributed by atoms with van der Waals surface area (Å²) in [5, 5.41) is 0.640. The van der Waals surface area contributed by atoms with Gasteiger partial charge in [-0.05, 0) is 43.2 Å². The van der Waals surface area contributed by atoms with E-state index in [4.69, 9.17) is 9.47 Å². The van der Waals surface area contributed by atoms with Crippen molar-refractivity contribution in [3.63, 3.8) is 0 Å². The van der Waals surface area contributed by atoms with Gasteiger partial charge in [0.1, 0.15) is 0 Å². The van der Waals surface area contributed by atoms with E-state index in [2.05, 4.69) is 4.98 Å². The highest BCUT2D eigenvalue weighted by molar-refractivity contribution is 5.76. The van der Waals surface area contributed by atoms with Gasteiger partial charge in [-0.1, -0.05) is 18.2 Å². The molecule has 0 fully saturated rings. The van der Waals surface area contributed by atoms with E-state index in [0.29, 0.717) is 30.7 Å². The zero-order chi connectivity index (χ0) is 16.9. The molecule has 0 spiro atoms. The molecule has 24 heavy (non-hydrogen) atoms. The van der Waals surface area contributed by atoms with Crippen LogP contribution in [-0.4, -0.2) is 23.3 Å². The van der Waals surface area contributed by atoms with Gasteiger partial charge in [0.25, 0.3) is 5.56 Å². The Hall–Kier alpha value is -2.82. The van der Waals surface area contributed by atoms with Crippen LogP contribution in [0.25, 0.3) is 10.9 Å². The van der Waals surface area contributed by atoms with E-state index in [1.165, 1.54) is 0 Å². The highest BCUT2D eigenvalue weighted by Gasteiger charge is 2.05. The number of hydrogen-bond donors (Lipinski definition) is 0. The molecule has 0 saturated carbocycles. The van der Waals surface area contributed by atoms with E-state index in [-0.39, 0.29) is 5.56 Å². The SMILES string of the molecule is COc1cc(C)ccc1OCCCn1cnc2ccccc2c1=O. The van der Waals surface area contributed by atoms with Crippen LogP contribution in [-0.2, 0) is 6.54 Å². The lowest BCUT2D eigenvalue weighted by Gasteiger charge is -2.12. The largest absolute Gasteiger partial charge is 0.493 e. The lowest BCUT2D eigenvalue weighted by Crippen LogP contribution is -2.21. The third-order valence-corrected chi connectivity index (χ3v) is 3.85. The van der Waals surface area contributed by atoms with Crippen LogP contribution in [0.5, 0.6) is 11.5 Å². The Bertz CT molecular complexity index is 902. The number of rotatable bonds is 6. The zero-order valence-electron chi connectivity index (χ0n) is 13.9. The molecule has 0 unspecified atom stereocenters. The predicted molar refractivity (Wildman–Crippen MR) is 93.8 cm³/mol. The first-order valence-corrected chi connectivity index (χ1v) is 7.90. The fourth-order valence-corrected chi connectivity index (χ4v) is 2.58. The summed E-state index contributed by atoms with van der Waals surface area (Å²) >= 11 is 0. The summed E-state index contributed by atoms with van der Waals surface area (Å²) in [5.41, 5.74) is 1.82. The topological polar surface area (TPSA) is 53.4 Å². The molecule has 1 heterocycles. The normalized spacial score (nSPS) is 10.8. The molecule has 124 valence electrons. The fraction of sp³-hybridized carbons (Fsp3) is 0.263. The number of aryl methyl sites for hydroxylation is 2. The molecule has 3 rings (SSSR count). The first kappa shape index (κ1) is 16.1. The van der Waals surface area contributed by atoms with E-state index in [1.54, 1.807) is 24.1 Å². The van der Waals surface area contributed by atoms with Crippen molar-refractivity contribution in [2.24, 2.45) is 0 Å². The highest BCUT2D eigenvalue weighted by Crippen LogP contribution is 2.27. The zero-order valence-corrected chi connectivity index (χ0v) is 13.9. The molecule has 0 aliphatic heterocycles. The summed E-state index contributed by atoms with van der Waals surface area (Å²) in [6.45, 7) is 3.06. The van der Waals surface area contributed by atoms with Gasteiger partial charge < -0.3 is 9.47 Å². The van der Waals surface area contributed by atoms with Crippen LogP contribution >= 0.6 is 0 Å². The highest BCUT2D eigenvalue weighted by atomic mass is 16.5. The molecule has 5 nitrogen and oxygen atoms in total. The van der Waals surface area contributed by atoms with Crippen LogP contribution in [0.3, 0.4) is 0 Å². The number of fused-ring (bicyclic) bond motifs is 1. The van der Waals surface area contributed by atoms with E-state index < -0.39 is 0 Å². The molecule has 0 bridgehead atoms. The van der Waals surface area contributed by atoms with E-state index in [0.717, 1.165) is 16.8 Å². The van der Waals surface area contributed by atoms with E-state index in [1.807, 2.05) is 43.3 Å². The molecular weight excluding hydrogens is 304 g/mol. The Morgan fingerprint density at radius 2 is 1.96 bits per heavy atom. The quantitative estimate of drug-likeness (QED) is 0.654. The summed E-state index contributed by atoms with van der Waals surface area (Å²) < 4.78 is 12.7. The monoisotopic (exact) mass is 324 g/mol. The minimum Gasteiger partial charge on any atom is -0.493 e. The van der Waals surface area contributed by atoms with Crippen molar-refractivity contribution in [3.05, 3.63) is 64.7 Å². The van der Waals surface area contributed by atoms with Crippen molar-refractivity contribution in [3.8, 4) is 11.5 Å². The second kappa shape index (κ2) is 7.17. The maximum absolute atomic E-state index is 12.4. The van der Waals surface area contributed by atoms with Gasteiger partial charge in [0.2, 0.25) is 0 Å². The summed E-state index contributed by atoms with van der Waals surface area (Å²) in [5.74, 6) is 1.44. The molecular formula is C19H20N2O3. The maximum Gasteiger partial charge on any atom is 0.261 e. The molecule has 0 N–H and O–H groups in total. The van der Waals surface area contributed by atoms with Gasteiger partial charge in [-0.15, -0.1) is 0 Å². The van der Waals surface area contributed by atoms with E-state index in [9.17, 15) is 4.79 Å². The van der Waals surface area contributed by atoms with Crippen LogP contribution in [0, 0.1) is 6.92 Å². The number of benzene rings is 2. The summed E-state index contributed by atoms with van der Waals surface area (Å²) in [4.78, 5) is 16.7. The number of ether oxygens (including phenoxy) is 2. The van der Waals surface area contributed by atoms with Gasteiger partial charge in [0.15, 0.2) is 11.5 Å². The minimum atomic E-state index is -0.0199. The fourth-order valence-electron chi connectivity index (χ4n) is 2.58. The number of nitrogens with zero attached hydrogens (tertiary/aromatic N) is 2. The van der Waals surface area contributed by atoms with Crippen LogP contribution in [0.1, 0.15) is 12.0 Å². The van der Waals surface area contributed by atoms with Crippen molar-refractivity contribution in [1.29, 1.82) is 0 Å². The van der Waals surface area contributed by atoms with E-state index >= 15 is 0 Å². The Morgan fingerprint density at radius 1 is 1.12 bits per heavy atom. The van der Waals surface area contributed by atoms with Gasteiger partial charge in [0, 0.05) is 6.54 Å². The van der Waals surface area contributed by atoms with Crippen LogP contribution in [0.2, 0.25) is 0 Å². The minimum absolute atomic E-state index is 0.0199. The second-order valence-electron chi connectivity index (χ2n) is 5.62.